The van der Waals surface area contributed by atoms with E-state index in [-0.39, 0.29) is 17.2 Å². The number of pyridine rings is 1. The third-order valence-electron chi connectivity index (χ3n) is 2.17. The number of rotatable bonds is 3. The normalized spacial score (nSPS) is 10.2. The minimum absolute atomic E-state index is 0.243. The van der Waals surface area contributed by atoms with Crippen LogP contribution in [0.5, 0.6) is 0 Å². The highest BCUT2D eigenvalue weighted by molar-refractivity contribution is 7.05. The third-order valence-corrected chi connectivity index (χ3v) is 2.99. The fourth-order valence-corrected chi connectivity index (χ4v) is 1.82. The SMILES string of the molecule is Cc1nnsc1CNC(=O)c1cccc(=O)[nH]1. The summed E-state index contributed by atoms with van der Waals surface area (Å²) in [5, 5.41) is 6.53. The highest BCUT2D eigenvalue weighted by Gasteiger charge is 2.08. The number of nitrogens with zero attached hydrogens (tertiary/aromatic N) is 2. The molecule has 0 aliphatic carbocycles. The van der Waals surface area contributed by atoms with Crippen LogP contribution in [-0.2, 0) is 6.54 Å². The molecular weight excluding hydrogens is 240 g/mol. The molecular formula is C10H10N4O2S. The van der Waals surface area contributed by atoms with E-state index >= 15 is 0 Å². The van der Waals surface area contributed by atoms with Crippen molar-refractivity contribution in [3.8, 4) is 0 Å². The van der Waals surface area contributed by atoms with Gasteiger partial charge < -0.3 is 10.3 Å². The molecule has 0 saturated heterocycles. The number of aryl methyl sites for hydroxylation is 1. The molecule has 88 valence electrons. The van der Waals surface area contributed by atoms with Crippen molar-refractivity contribution in [1.82, 2.24) is 19.9 Å². The summed E-state index contributed by atoms with van der Waals surface area (Å²) in [6, 6.07) is 4.44. The van der Waals surface area contributed by atoms with Gasteiger partial charge in [0, 0.05) is 6.07 Å². The number of H-pyrrole nitrogens is 1. The summed E-state index contributed by atoms with van der Waals surface area (Å²) < 4.78 is 3.77. The Morgan fingerprint density at radius 3 is 3.00 bits per heavy atom. The van der Waals surface area contributed by atoms with Gasteiger partial charge in [-0.2, -0.15) is 0 Å². The number of carbonyl (C=O) groups is 1. The molecule has 0 atom stereocenters. The number of nitrogens with one attached hydrogen (secondary N) is 2. The third kappa shape index (κ3) is 2.76. The van der Waals surface area contributed by atoms with Gasteiger partial charge in [0.2, 0.25) is 5.56 Å². The Morgan fingerprint density at radius 2 is 2.35 bits per heavy atom. The summed E-state index contributed by atoms with van der Waals surface area (Å²) >= 11 is 1.24. The molecule has 0 aromatic carbocycles. The molecule has 2 heterocycles. The standard InChI is InChI=1S/C10H10N4O2S/c1-6-8(17-14-13-6)5-11-10(16)7-3-2-4-9(15)12-7/h2-4H,5H2,1H3,(H,11,16)(H,12,15). The summed E-state index contributed by atoms with van der Waals surface area (Å²) in [6.07, 6.45) is 0. The molecule has 7 heteroatoms. The number of aromatic amines is 1. The molecule has 6 nitrogen and oxygen atoms in total. The van der Waals surface area contributed by atoms with E-state index in [0.717, 1.165) is 10.6 Å². The van der Waals surface area contributed by atoms with Gasteiger partial charge in [-0.3, -0.25) is 9.59 Å². The molecule has 2 aromatic rings. The lowest BCUT2D eigenvalue weighted by Gasteiger charge is -2.02. The molecule has 0 radical (unpaired) electrons. The van der Waals surface area contributed by atoms with Gasteiger partial charge in [0.25, 0.3) is 5.91 Å². The molecule has 1 amide bonds. The van der Waals surface area contributed by atoms with Gasteiger partial charge in [0.15, 0.2) is 0 Å². The van der Waals surface area contributed by atoms with Crippen molar-refractivity contribution in [2.45, 2.75) is 13.5 Å². The number of aromatic nitrogens is 3. The van der Waals surface area contributed by atoms with Crippen molar-refractivity contribution in [3.05, 3.63) is 44.8 Å². The van der Waals surface area contributed by atoms with E-state index in [4.69, 9.17) is 0 Å². The van der Waals surface area contributed by atoms with Gasteiger partial charge in [0.05, 0.1) is 17.1 Å². The van der Waals surface area contributed by atoms with E-state index in [1.807, 2.05) is 6.92 Å². The summed E-state index contributed by atoms with van der Waals surface area (Å²) in [6.45, 7) is 2.19. The number of hydrogen-bond acceptors (Lipinski definition) is 5. The van der Waals surface area contributed by atoms with E-state index in [2.05, 4.69) is 19.9 Å². The lowest BCUT2D eigenvalue weighted by molar-refractivity contribution is 0.0946. The Morgan fingerprint density at radius 1 is 1.53 bits per heavy atom. The van der Waals surface area contributed by atoms with E-state index in [9.17, 15) is 9.59 Å². The van der Waals surface area contributed by atoms with Crippen LogP contribution in [-0.4, -0.2) is 20.5 Å². The summed E-state index contributed by atoms with van der Waals surface area (Å²) in [4.78, 5) is 26.1. The van der Waals surface area contributed by atoms with Gasteiger partial charge >= 0.3 is 0 Å². The van der Waals surface area contributed by atoms with Crippen LogP contribution in [0.25, 0.3) is 0 Å². The summed E-state index contributed by atoms with van der Waals surface area (Å²) in [7, 11) is 0. The molecule has 0 saturated carbocycles. The van der Waals surface area contributed by atoms with Crippen LogP contribution in [0, 0.1) is 6.92 Å². The lowest BCUT2D eigenvalue weighted by atomic mass is 10.3. The van der Waals surface area contributed by atoms with E-state index in [0.29, 0.717) is 6.54 Å². The first kappa shape index (κ1) is 11.5. The Hall–Kier alpha value is -2.02. The van der Waals surface area contributed by atoms with Crippen molar-refractivity contribution in [2.75, 3.05) is 0 Å². The molecule has 0 aliphatic heterocycles. The highest BCUT2D eigenvalue weighted by atomic mass is 32.1. The summed E-state index contributed by atoms with van der Waals surface area (Å²) in [5.41, 5.74) is 0.748. The van der Waals surface area contributed by atoms with Crippen LogP contribution in [0.1, 0.15) is 21.1 Å². The van der Waals surface area contributed by atoms with Gasteiger partial charge in [-0.05, 0) is 24.5 Å². The van der Waals surface area contributed by atoms with Crippen LogP contribution in [0.15, 0.2) is 23.0 Å². The maximum atomic E-state index is 11.7. The second-order valence-electron chi connectivity index (χ2n) is 3.39. The topological polar surface area (TPSA) is 87.7 Å². The maximum Gasteiger partial charge on any atom is 0.268 e. The minimum Gasteiger partial charge on any atom is -0.346 e. The quantitative estimate of drug-likeness (QED) is 0.828. The molecule has 17 heavy (non-hydrogen) atoms. The smallest absolute Gasteiger partial charge is 0.268 e. The zero-order valence-corrected chi connectivity index (χ0v) is 9.87. The largest absolute Gasteiger partial charge is 0.346 e. The predicted molar refractivity (Wildman–Crippen MR) is 62.9 cm³/mol. The molecule has 0 fully saturated rings. The van der Waals surface area contributed by atoms with Crippen LogP contribution < -0.4 is 10.9 Å². The van der Waals surface area contributed by atoms with E-state index < -0.39 is 0 Å². The fourth-order valence-electron chi connectivity index (χ4n) is 1.25. The van der Waals surface area contributed by atoms with Gasteiger partial charge in [-0.25, -0.2) is 0 Å². The van der Waals surface area contributed by atoms with E-state index in [1.54, 1.807) is 6.07 Å². The Kier molecular flexibility index (Phi) is 3.29. The fraction of sp³-hybridized carbons (Fsp3) is 0.200. The first-order valence-electron chi connectivity index (χ1n) is 4.92. The molecule has 0 bridgehead atoms. The van der Waals surface area contributed by atoms with Crippen LogP contribution in [0.4, 0.5) is 0 Å². The van der Waals surface area contributed by atoms with Gasteiger partial charge in [-0.15, -0.1) is 5.10 Å². The summed E-state index contributed by atoms with van der Waals surface area (Å²) in [5.74, 6) is -0.324. The Labute approximate surface area is 101 Å². The van der Waals surface area contributed by atoms with Crippen molar-refractivity contribution in [3.63, 3.8) is 0 Å². The van der Waals surface area contributed by atoms with Crippen molar-refractivity contribution in [1.29, 1.82) is 0 Å². The first-order chi connectivity index (χ1) is 8.16. The first-order valence-corrected chi connectivity index (χ1v) is 5.69. The average Bonchev–Trinajstić information content (AvgIpc) is 2.72. The zero-order chi connectivity index (χ0) is 12.3. The second-order valence-corrected chi connectivity index (χ2v) is 4.23. The Balaban J connectivity index is 2.03. The predicted octanol–water partition coefficient (Wildman–Crippen LogP) is 0.465. The molecule has 2 N–H and O–H groups in total. The van der Waals surface area contributed by atoms with Gasteiger partial charge in [-0.1, -0.05) is 10.6 Å². The molecule has 0 spiro atoms. The van der Waals surface area contributed by atoms with Crippen LogP contribution in [0.3, 0.4) is 0 Å². The molecule has 0 aliphatic rings. The Bertz CT molecular complexity index is 590. The number of carbonyl (C=O) groups excluding carboxylic acids is 1. The van der Waals surface area contributed by atoms with Gasteiger partial charge in [0.1, 0.15) is 5.69 Å². The average molecular weight is 250 g/mol. The highest BCUT2D eigenvalue weighted by Crippen LogP contribution is 2.08. The number of amides is 1. The second kappa shape index (κ2) is 4.88. The van der Waals surface area contributed by atoms with Crippen LogP contribution in [0.2, 0.25) is 0 Å². The van der Waals surface area contributed by atoms with Crippen LogP contribution >= 0.6 is 11.5 Å². The molecule has 0 unspecified atom stereocenters. The maximum absolute atomic E-state index is 11.7. The van der Waals surface area contributed by atoms with E-state index in [1.165, 1.54) is 23.7 Å². The molecule has 2 aromatic heterocycles. The number of hydrogen-bond donors (Lipinski definition) is 2. The monoisotopic (exact) mass is 250 g/mol. The van der Waals surface area contributed by atoms with Crippen molar-refractivity contribution in [2.24, 2.45) is 0 Å². The van der Waals surface area contributed by atoms with Crippen molar-refractivity contribution >= 4 is 17.4 Å². The lowest BCUT2D eigenvalue weighted by Crippen LogP contribution is -2.25. The minimum atomic E-state index is -0.324. The van der Waals surface area contributed by atoms with Crippen molar-refractivity contribution < 1.29 is 4.79 Å². The zero-order valence-electron chi connectivity index (χ0n) is 9.06. The molecule has 2 rings (SSSR count).